The highest BCUT2D eigenvalue weighted by molar-refractivity contribution is 5.83. The summed E-state index contributed by atoms with van der Waals surface area (Å²) in [6.07, 6.45) is -0.443. The largest absolute Gasteiger partial charge is 0.481 e. The van der Waals surface area contributed by atoms with E-state index in [9.17, 15) is 14.4 Å². The SMILES string of the molecule is CC(C)C(C)N(C)C(=O)NC(CCC(=O)O)C(=O)O. The van der Waals surface area contributed by atoms with Gasteiger partial charge >= 0.3 is 18.0 Å². The Balaban J connectivity index is 4.54. The molecule has 0 aromatic rings. The molecule has 2 atom stereocenters. The normalized spacial score (nSPS) is 13.7. The number of amides is 2. The summed E-state index contributed by atoms with van der Waals surface area (Å²) in [5.41, 5.74) is 0. The number of urea groups is 1. The molecule has 0 saturated heterocycles. The lowest BCUT2D eigenvalue weighted by Crippen LogP contribution is -2.50. The zero-order valence-corrected chi connectivity index (χ0v) is 11.7. The predicted octanol–water partition coefficient (Wildman–Crippen LogP) is 0.990. The fourth-order valence-electron chi connectivity index (χ4n) is 1.41. The van der Waals surface area contributed by atoms with Crippen molar-refractivity contribution >= 4 is 18.0 Å². The molecule has 0 bridgehead atoms. The van der Waals surface area contributed by atoms with E-state index in [0.717, 1.165) is 0 Å². The number of nitrogens with zero attached hydrogens (tertiary/aromatic N) is 1. The molecular weight excluding hydrogens is 252 g/mol. The number of rotatable bonds is 7. The van der Waals surface area contributed by atoms with Crippen molar-refractivity contribution in [2.75, 3.05) is 7.05 Å². The molecule has 7 nitrogen and oxygen atoms in total. The molecule has 2 unspecified atom stereocenters. The highest BCUT2D eigenvalue weighted by Gasteiger charge is 2.25. The molecule has 0 radical (unpaired) electrons. The van der Waals surface area contributed by atoms with Gasteiger partial charge in [-0.3, -0.25) is 4.79 Å². The molecule has 0 aliphatic rings. The van der Waals surface area contributed by atoms with Crippen LogP contribution < -0.4 is 5.32 Å². The van der Waals surface area contributed by atoms with Crippen LogP contribution in [0, 0.1) is 5.92 Å². The van der Waals surface area contributed by atoms with Gasteiger partial charge < -0.3 is 20.4 Å². The number of carbonyl (C=O) groups excluding carboxylic acids is 1. The first kappa shape index (κ1) is 17.2. The summed E-state index contributed by atoms with van der Waals surface area (Å²) in [5.74, 6) is -2.09. The molecule has 110 valence electrons. The number of aliphatic carboxylic acids is 2. The molecule has 0 fully saturated rings. The van der Waals surface area contributed by atoms with Gasteiger partial charge in [-0.05, 0) is 19.3 Å². The third kappa shape index (κ3) is 6.08. The molecule has 0 saturated carbocycles. The van der Waals surface area contributed by atoms with Gasteiger partial charge in [0.1, 0.15) is 6.04 Å². The fourth-order valence-corrected chi connectivity index (χ4v) is 1.41. The van der Waals surface area contributed by atoms with E-state index in [1.165, 1.54) is 4.90 Å². The van der Waals surface area contributed by atoms with Crippen LogP contribution in [0.3, 0.4) is 0 Å². The first-order valence-electron chi connectivity index (χ1n) is 6.14. The van der Waals surface area contributed by atoms with Crippen LogP contribution in [0.5, 0.6) is 0 Å². The smallest absolute Gasteiger partial charge is 0.326 e. The number of nitrogens with one attached hydrogen (secondary N) is 1. The van der Waals surface area contributed by atoms with E-state index in [1.54, 1.807) is 7.05 Å². The minimum atomic E-state index is -1.24. The van der Waals surface area contributed by atoms with Crippen molar-refractivity contribution in [2.45, 2.75) is 45.7 Å². The average molecular weight is 274 g/mol. The van der Waals surface area contributed by atoms with Crippen LogP contribution in [0.2, 0.25) is 0 Å². The van der Waals surface area contributed by atoms with Gasteiger partial charge in [0, 0.05) is 19.5 Å². The second-order valence-corrected chi connectivity index (χ2v) is 4.87. The lowest BCUT2D eigenvalue weighted by atomic mass is 10.1. The molecule has 0 spiro atoms. The van der Waals surface area contributed by atoms with E-state index in [0.29, 0.717) is 0 Å². The summed E-state index contributed by atoms with van der Waals surface area (Å²) in [7, 11) is 1.58. The van der Waals surface area contributed by atoms with Crippen molar-refractivity contribution in [3.05, 3.63) is 0 Å². The minimum absolute atomic E-state index is 0.0473. The zero-order valence-electron chi connectivity index (χ0n) is 11.7. The molecule has 0 aliphatic carbocycles. The maximum Gasteiger partial charge on any atom is 0.326 e. The minimum Gasteiger partial charge on any atom is -0.481 e. The van der Waals surface area contributed by atoms with Crippen LogP contribution in [0.15, 0.2) is 0 Å². The van der Waals surface area contributed by atoms with Crippen LogP contribution in [0.4, 0.5) is 4.79 Å². The number of carbonyl (C=O) groups is 3. The molecule has 2 amide bonds. The van der Waals surface area contributed by atoms with Gasteiger partial charge in [-0.15, -0.1) is 0 Å². The van der Waals surface area contributed by atoms with E-state index in [-0.39, 0.29) is 24.8 Å². The molecule has 0 aromatic heterocycles. The number of carboxylic acid groups (broad SMARTS) is 2. The highest BCUT2D eigenvalue weighted by atomic mass is 16.4. The number of hydrogen-bond donors (Lipinski definition) is 3. The van der Waals surface area contributed by atoms with Crippen molar-refractivity contribution in [1.29, 1.82) is 0 Å². The maximum absolute atomic E-state index is 11.9. The van der Waals surface area contributed by atoms with Crippen molar-refractivity contribution in [3.63, 3.8) is 0 Å². The zero-order chi connectivity index (χ0) is 15.2. The van der Waals surface area contributed by atoms with Gasteiger partial charge in [0.05, 0.1) is 0 Å². The first-order chi connectivity index (χ1) is 8.66. The molecule has 0 aromatic carbocycles. The maximum atomic E-state index is 11.9. The standard InChI is InChI=1S/C12H22N2O5/c1-7(2)8(3)14(4)12(19)13-9(11(17)18)5-6-10(15)16/h7-9H,5-6H2,1-4H3,(H,13,19)(H,15,16)(H,17,18). The molecule has 0 rings (SSSR count). The van der Waals surface area contributed by atoms with Crippen LogP contribution in [0.1, 0.15) is 33.6 Å². The third-order valence-electron chi connectivity index (χ3n) is 3.14. The Morgan fingerprint density at radius 1 is 1.16 bits per heavy atom. The Morgan fingerprint density at radius 3 is 2.05 bits per heavy atom. The van der Waals surface area contributed by atoms with Gasteiger partial charge in [-0.2, -0.15) is 0 Å². The quantitative estimate of drug-likeness (QED) is 0.641. The van der Waals surface area contributed by atoms with Crippen molar-refractivity contribution in [3.8, 4) is 0 Å². The summed E-state index contributed by atoms with van der Waals surface area (Å²) in [6.45, 7) is 5.76. The fraction of sp³-hybridized carbons (Fsp3) is 0.750. The summed E-state index contributed by atoms with van der Waals surface area (Å²) in [5, 5.41) is 19.8. The molecular formula is C12H22N2O5. The van der Waals surface area contributed by atoms with Crippen molar-refractivity contribution in [1.82, 2.24) is 10.2 Å². The summed E-state index contributed by atoms with van der Waals surface area (Å²) in [4.78, 5) is 34.6. The lowest BCUT2D eigenvalue weighted by molar-refractivity contribution is -0.140. The average Bonchev–Trinajstić information content (AvgIpc) is 2.31. The molecule has 7 heteroatoms. The molecule has 3 N–H and O–H groups in total. The Bertz CT molecular complexity index is 343. The van der Waals surface area contributed by atoms with Gasteiger partial charge in [-0.1, -0.05) is 13.8 Å². The molecule has 0 heterocycles. The van der Waals surface area contributed by atoms with Gasteiger partial charge in [0.15, 0.2) is 0 Å². The molecule has 19 heavy (non-hydrogen) atoms. The van der Waals surface area contributed by atoms with E-state index >= 15 is 0 Å². The van der Waals surface area contributed by atoms with Crippen molar-refractivity contribution < 1.29 is 24.6 Å². The highest BCUT2D eigenvalue weighted by Crippen LogP contribution is 2.08. The Labute approximate surface area is 112 Å². The lowest BCUT2D eigenvalue weighted by Gasteiger charge is -2.29. The van der Waals surface area contributed by atoms with E-state index < -0.39 is 24.0 Å². The van der Waals surface area contributed by atoms with Crippen LogP contribution in [0.25, 0.3) is 0 Å². The third-order valence-corrected chi connectivity index (χ3v) is 3.14. The van der Waals surface area contributed by atoms with Gasteiger partial charge in [-0.25, -0.2) is 9.59 Å². The van der Waals surface area contributed by atoms with Gasteiger partial charge in [0.25, 0.3) is 0 Å². The van der Waals surface area contributed by atoms with Crippen LogP contribution in [-0.4, -0.2) is 52.2 Å². The first-order valence-corrected chi connectivity index (χ1v) is 6.14. The monoisotopic (exact) mass is 274 g/mol. The summed E-state index contributed by atoms with van der Waals surface area (Å²) < 4.78 is 0. The van der Waals surface area contributed by atoms with Gasteiger partial charge in [0.2, 0.25) is 0 Å². The second kappa shape index (κ2) is 7.60. The van der Waals surface area contributed by atoms with E-state index in [4.69, 9.17) is 10.2 Å². The summed E-state index contributed by atoms with van der Waals surface area (Å²) >= 11 is 0. The Morgan fingerprint density at radius 2 is 1.68 bits per heavy atom. The summed E-state index contributed by atoms with van der Waals surface area (Å²) in [6, 6.07) is -1.75. The van der Waals surface area contributed by atoms with E-state index in [1.807, 2.05) is 20.8 Å². The van der Waals surface area contributed by atoms with Crippen molar-refractivity contribution in [2.24, 2.45) is 5.92 Å². The topological polar surface area (TPSA) is 107 Å². The number of carboxylic acids is 2. The van der Waals surface area contributed by atoms with Crippen LogP contribution >= 0.6 is 0 Å². The van der Waals surface area contributed by atoms with E-state index in [2.05, 4.69) is 5.32 Å². The Kier molecular flexibility index (Phi) is 6.89. The van der Waals surface area contributed by atoms with Crippen LogP contribution in [-0.2, 0) is 9.59 Å². The molecule has 0 aliphatic heterocycles. The Hall–Kier alpha value is -1.79. The second-order valence-electron chi connectivity index (χ2n) is 4.87. The predicted molar refractivity (Wildman–Crippen MR) is 68.9 cm³/mol. The number of hydrogen-bond acceptors (Lipinski definition) is 3.